The molecule has 1 atom stereocenters. The second-order valence-electron chi connectivity index (χ2n) is 7.40. The van der Waals surface area contributed by atoms with Crippen LogP contribution < -0.4 is 11.1 Å². The molecule has 1 aromatic heterocycles. The molecule has 22 heavy (non-hydrogen) atoms. The van der Waals surface area contributed by atoms with Gasteiger partial charge in [-0.25, -0.2) is 0 Å². The van der Waals surface area contributed by atoms with Crippen molar-refractivity contribution >= 4 is 18.3 Å². The Hall–Kier alpha value is -1.07. The number of nitrogens with two attached hydrogens (primary N) is 1. The van der Waals surface area contributed by atoms with Gasteiger partial charge in [0.1, 0.15) is 5.69 Å². The molecule has 1 saturated carbocycles. The number of hydrogen-bond donors (Lipinski definition) is 2. The zero-order chi connectivity index (χ0) is 15.8. The molecule has 5 nitrogen and oxygen atoms in total. The van der Waals surface area contributed by atoms with Gasteiger partial charge in [-0.2, -0.15) is 5.10 Å². The van der Waals surface area contributed by atoms with E-state index in [-0.39, 0.29) is 29.9 Å². The monoisotopic (exact) mass is 328 g/mol. The number of halogens is 1. The van der Waals surface area contributed by atoms with Gasteiger partial charge in [-0.05, 0) is 51.5 Å². The van der Waals surface area contributed by atoms with Crippen LogP contribution in [0.5, 0.6) is 0 Å². The zero-order valence-corrected chi connectivity index (χ0v) is 15.0. The van der Waals surface area contributed by atoms with Gasteiger partial charge in [-0.15, -0.1) is 12.4 Å². The van der Waals surface area contributed by atoms with Gasteiger partial charge < -0.3 is 11.1 Å². The van der Waals surface area contributed by atoms with Gasteiger partial charge in [0.25, 0.3) is 5.91 Å². The first kappa shape index (κ1) is 19.0. The molecule has 0 spiro atoms. The minimum Gasteiger partial charge on any atom is -0.349 e. The van der Waals surface area contributed by atoms with Crippen LogP contribution in [0.3, 0.4) is 0 Å². The Morgan fingerprint density at radius 1 is 1.45 bits per heavy atom. The van der Waals surface area contributed by atoms with Crippen molar-refractivity contribution < 1.29 is 4.79 Å². The summed E-state index contributed by atoms with van der Waals surface area (Å²) >= 11 is 0. The highest BCUT2D eigenvalue weighted by Crippen LogP contribution is 2.31. The smallest absolute Gasteiger partial charge is 0.271 e. The summed E-state index contributed by atoms with van der Waals surface area (Å²) in [6.45, 7) is 11.0. The summed E-state index contributed by atoms with van der Waals surface area (Å²) in [6, 6.07) is 1.97. The van der Waals surface area contributed by atoms with Crippen molar-refractivity contribution in [2.24, 2.45) is 11.7 Å². The minimum atomic E-state index is -0.136. The lowest BCUT2D eigenvalue weighted by molar-refractivity contribution is 0.0943. The standard InChI is InChI=1S/C16H28N4O.ClH/c1-10(2)14-8-13(19-20(14)16(3,4)5)15(21)18-9-12(17)11-6-7-11;/h8,10-12H,6-7,9,17H2,1-5H3,(H,18,21);1H. The first-order chi connectivity index (χ1) is 9.70. The molecule has 1 aliphatic rings. The number of rotatable bonds is 5. The van der Waals surface area contributed by atoms with Gasteiger partial charge >= 0.3 is 0 Å². The van der Waals surface area contributed by atoms with Crippen LogP contribution >= 0.6 is 12.4 Å². The number of nitrogens with one attached hydrogen (secondary N) is 1. The number of aromatic nitrogens is 2. The molecule has 3 N–H and O–H groups in total. The van der Waals surface area contributed by atoms with Crippen molar-refractivity contribution in [3.05, 3.63) is 17.5 Å². The quantitative estimate of drug-likeness (QED) is 0.872. The molecular formula is C16H29ClN4O. The largest absolute Gasteiger partial charge is 0.349 e. The third kappa shape index (κ3) is 4.46. The lowest BCUT2D eigenvalue weighted by Gasteiger charge is -2.23. The van der Waals surface area contributed by atoms with Crippen molar-refractivity contribution in [1.82, 2.24) is 15.1 Å². The SMILES string of the molecule is CC(C)c1cc(C(=O)NCC(N)C2CC2)nn1C(C)(C)C.Cl. The second kappa shape index (κ2) is 7.01. The van der Waals surface area contributed by atoms with E-state index in [0.717, 1.165) is 5.69 Å². The molecule has 6 heteroatoms. The molecule has 0 radical (unpaired) electrons. The Labute approximate surface area is 139 Å². The Kier molecular flexibility index (Phi) is 6.04. The lowest BCUT2D eigenvalue weighted by Crippen LogP contribution is -2.38. The molecule has 1 heterocycles. The van der Waals surface area contributed by atoms with Crippen molar-refractivity contribution in [3.63, 3.8) is 0 Å². The van der Waals surface area contributed by atoms with E-state index in [0.29, 0.717) is 24.1 Å². The summed E-state index contributed by atoms with van der Waals surface area (Å²) in [5.41, 5.74) is 7.45. The van der Waals surface area contributed by atoms with Crippen LogP contribution in [0, 0.1) is 5.92 Å². The number of carbonyl (C=O) groups is 1. The lowest BCUT2D eigenvalue weighted by atomic mass is 10.1. The molecule has 126 valence electrons. The van der Waals surface area contributed by atoms with Crippen LogP contribution in [0.15, 0.2) is 6.07 Å². The fourth-order valence-electron chi connectivity index (χ4n) is 2.45. The van der Waals surface area contributed by atoms with Gasteiger partial charge in [-0.1, -0.05) is 13.8 Å². The number of nitrogens with zero attached hydrogens (tertiary/aromatic N) is 2. The maximum absolute atomic E-state index is 12.3. The van der Waals surface area contributed by atoms with E-state index in [2.05, 4.69) is 45.0 Å². The predicted octanol–water partition coefficient (Wildman–Crippen LogP) is 2.65. The van der Waals surface area contributed by atoms with Gasteiger partial charge in [0.05, 0.1) is 5.54 Å². The average Bonchev–Trinajstić information content (AvgIpc) is 3.11. The Morgan fingerprint density at radius 2 is 2.05 bits per heavy atom. The van der Waals surface area contributed by atoms with E-state index in [9.17, 15) is 4.79 Å². The summed E-state index contributed by atoms with van der Waals surface area (Å²) in [5, 5.41) is 7.42. The molecular weight excluding hydrogens is 300 g/mol. The van der Waals surface area contributed by atoms with Crippen LogP contribution in [-0.4, -0.2) is 28.3 Å². The third-order valence-corrected chi connectivity index (χ3v) is 3.92. The average molecular weight is 329 g/mol. The molecule has 0 aromatic carbocycles. The molecule has 2 rings (SSSR count). The first-order valence-electron chi connectivity index (χ1n) is 7.84. The minimum absolute atomic E-state index is 0. The number of hydrogen-bond acceptors (Lipinski definition) is 3. The van der Waals surface area contributed by atoms with Crippen LogP contribution in [0.1, 0.15) is 69.6 Å². The van der Waals surface area contributed by atoms with E-state index >= 15 is 0 Å². The summed E-state index contributed by atoms with van der Waals surface area (Å²) in [7, 11) is 0. The molecule has 1 aromatic rings. The van der Waals surface area contributed by atoms with Crippen LogP contribution in [-0.2, 0) is 5.54 Å². The normalized spacial score (nSPS) is 16.3. The zero-order valence-electron chi connectivity index (χ0n) is 14.2. The fraction of sp³-hybridized carbons (Fsp3) is 0.750. The summed E-state index contributed by atoms with van der Waals surface area (Å²) in [4.78, 5) is 12.3. The van der Waals surface area contributed by atoms with Crippen molar-refractivity contribution in [1.29, 1.82) is 0 Å². The van der Waals surface area contributed by atoms with Gasteiger partial charge in [-0.3, -0.25) is 9.48 Å². The number of carbonyl (C=O) groups excluding carboxylic acids is 1. The molecule has 1 unspecified atom stereocenters. The predicted molar refractivity (Wildman–Crippen MR) is 91.6 cm³/mol. The summed E-state index contributed by atoms with van der Waals surface area (Å²) < 4.78 is 1.95. The Balaban J connectivity index is 0.00000242. The molecule has 0 aliphatic heterocycles. The summed E-state index contributed by atoms with van der Waals surface area (Å²) in [5.74, 6) is 0.784. The summed E-state index contributed by atoms with van der Waals surface area (Å²) in [6.07, 6.45) is 2.38. The van der Waals surface area contributed by atoms with Crippen LogP contribution in [0.2, 0.25) is 0 Å². The Bertz CT molecular complexity index is 515. The van der Waals surface area contributed by atoms with Crippen LogP contribution in [0.25, 0.3) is 0 Å². The second-order valence-corrected chi connectivity index (χ2v) is 7.40. The molecule has 1 aliphatic carbocycles. The topological polar surface area (TPSA) is 72.9 Å². The fourth-order valence-corrected chi connectivity index (χ4v) is 2.45. The highest BCUT2D eigenvalue weighted by Gasteiger charge is 2.29. The van der Waals surface area contributed by atoms with E-state index in [1.54, 1.807) is 0 Å². The van der Waals surface area contributed by atoms with E-state index in [1.807, 2.05) is 10.7 Å². The molecule has 1 fully saturated rings. The van der Waals surface area contributed by atoms with E-state index in [4.69, 9.17) is 5.73 Å². The maximum Gasteiger partial charge on any atom is 0.271 e. The van der Waals surface area contributed by atoms with E-state index in [1.165, 1.54) is 12.8 Å². The maximum atomic E-state index is 12.3. The van der Waals surface area contributed by atoms with Gasteiger partial charge in [0.15, 0.2) is 0 Å². The third-order valence-electron chi connectivity index (χ3n) is 3.92. The van der Waals surface area contributed by atoms with Gasteiger partial charge in [0.2, 0.25) is 0 Å². The molecule has 1 amide bonds. The van der Waals surface area contributed by atoms with Crippen molar-refractivity contribution in [3.8, 4) is 0 Å². The van der Waals surface area contributed by atoms with E-state index < -0.39 is 0 Å². The van der Waals surface area contributed by atoms with Gasteiger partial charge in [0, 0.05) is 18.3 Å². The van der Waals surface area contributed by atoms with Crippen molar-refractivity contribution in [2.45, 2.75) is 65.0 Å². The Morgan fingerprint density at radius 3 is 2.45 bits per heavy atom. The first-order valence-corrected chi connectivity index (χ1v) is 7.84. The molecule has 0 saturated heterocycles. The van der Waals surface area contributed by atoms with Crippen LogP contribution in [0.4, 0.5) is 0 Å². The van der Waals surface area contributed by atoms with Crippen molar-refractivity contribution in [2.75, 3.05) is 6.54 Å². The highest BCUT2D eigenvalue weighted by atomic mass is 35.5. The highest BCUT2D eigenvalue weighted by molar-refractivity contribution is 5.92. The number of amides is 1. The molecule has 0 bridgehead atoms.